The number of halogens is 1. The quantitative estimate of drug-likeness (QED) is 0.615. The highest BCUT2D eigenvalue weighted by Crippen LogP contribution is 2.11. The summed E-state index contributed by atoms with van der Waals surface area (Å²) in [6.07, 6.45) is 1.86. The maximum absolute atomic E-state index is 7.79. The zero-order valence-corrected chi connectivity index (χ0v) is 10.0. The Morgan fingerprint density at radius 1 is 1.33 bits per heavy atom. The van der Waals surface area contributed by atoms with Crippen molar-refractivity contribution < 1.29 is 0 Å². The van der Waals surface area contributed by atoms with Crippen molar-refractivity contribution >= 4 is 17.4 Å². The fourth-order valence-corrected chi connectivity index (χ4v) is 1.51. The Bertz CT molecular complexity index is 319. The zero-order chi connectivity index (χ0) is 11.3. The van der Waals surface area contributed by atoms with E-state index in [0.29, 0.717) is 5.84 Å². The molecule has 1 rings (SSSR count). The molecule has 0 radical (unpaired) electrons. The van der Waals surface area contributed by atoms with Gasteiger partial charge in [0.05, 0.1) is 5.84 Å². The van der Waals surface area contributed by atoms with Gasteiger partial charge in [0.2, 0.25) is 0 Å². The first-order valence-electron chi connectivity index (χ1n) is 5.16. The fraction of sp³-hybridized carbons (Fsp3) is 0.417. The van der Waals surface area contributed by atoms with E-state index in [1.165, 1.54) is 5.56 Å². The molecule has 2 nitrogen and oxygen atoms in total. The molecule has 0 aliphatic carbocycles. The van der Waals surface area contributed by atoms with Crippen LogP contribution in [0.25, 0.3) is 0 Å². The average molecular weight is 225 g/mol. The molecule has 0 atom stereocenters. The number of rotatable bonds is 4. The third-order valence-electron chi connectivity index (χ3n) is 2.28. The Labute approximate surface area is 96.4 Å². The van der Waals surface area contributed by atoms with Crippen LogP contribution in [-0.4, -0.2) is 17.8 Å². The van der Waals surface area contributed by atoms with E-state index in [1.807, 2.05) is 36.2 Å². The Hall–Kier alpha value is -1.02. The van der Waals surface area contributed by atoms with Crippen molar-refractivity contribution in [2.75, 3.05) is 7.05 Å². The first-order valence-corrected chi connectivity index (χ1v) is 5.54. The van der Waals surface area contributed by atoms with Gasteiger partial charge in [-0.05, 0) is 24.1 Å². The normalized spacial score (nSPS) is 10.1. The van der Waals surface area contributed by atoms with E-state index in [4.69, 9.17) is 17.0 Å². The minimum atomic E-state index is 0.687. The van der Waals surface area contributed by atoms with Crippen LogP contribution in [-0.2, 0) is 6.54 Å². The molecule has 0 saturated carbocycles. The average Bonchev–Trinajstić information content (AvgIpc) is 2.22. The first-order chi connectivity index (χ1) is 7.13. The molecule has 0 bridgehead atoms. The summed E-state index contributed by atoms with van der Waals surface area (Å²) in [6.45, 7) is 2.86. The van der Waals surface area contributed by atoms with Crippen LogP contribution in [0.3, 0.4) is 0 Å². The van der Waals surface area contributed by atoms with Gasteiger partial charge in [-0.25, -0.2) is 0 Å². The van der Waals surface area contributed by atoms with Gasteiger partial charge < -0.3 is 4.90 Å². The van der Waals surface area contributed by atoms with Crippen LogP contribution >= 0.6 is 11.6 Å². The molecular weight excluding hydrogens is 208 g/mol. The second kappa shape index (κ2) is 5.76. The highest BCUT2D eigenvalue weighted by molar-refractivity contribution is 6.30. The third-order valence-corrected chi connectivity index (χ3v) is 2.53. The van der Waals surface area contributed by atoms with Crippen LogP contribution in [0.15, 0.2) is 24.3 Å². The van der Waals surface area contributed by atoms with E-state index >= 15 is 0 Å². The minimum absolute atomic E-state index is 0.687. The van der Waals surface area contributed by atoms with Gasteiger partial charge in [-0.1, -0.05) is 30.7 Å². The van der Waals surface area contributed by atoms with Crippen molar-refractivity contribution in [2.24, 2.45) is 0 Å². The number of hydrogen-bond acceptors (Lipinski definition) is 1. The lowest BCUT2D eigenvalue weighted by molar-refractivity contribution is 0.483. The molecule has 0 unspecified atom stereocenters. The van der Waals surface area contributed by atoms with Crippen molar-refractivity contribution in [3.63, 3.8) is 0 Å². The predicted molar refractivity (Wildman–Crippen MR) is 65.6 cm³/mol. The lowest BCUT2D eigenvalue weighted by Gasteiger charge is -2.19. The molecule has 1 N–H and O–H groups in total. The zero-order valence-electron chi connectivity index (χ0n) is 9.26. The smallest absolute Gasteiger partial charge is 0.0957 e. The molecule has 0 aliphatic heterocycles. The third kappa shape index (κ3) is 3.92. The monoisotopic (exact) mass is 224 g/mol. The Balaban J connectivity index is 2.54. The topological polar surface area (TPSA) is 27.1 Å². The van der Waals surface area contributed by atoms with Crippen LogP contribution in [0.5, 0.6) is 0 Å². The Morgan fingerprint density at radius 3 is 2.47 bits per heavy atom. The van der Waals surface area contributed by atoms with Crippen molar-refractivity contribution in [3.8, 4) is 0 Å². The van der Waals surface area contributed by atoms with Gasteiger partial charge in [0.25, 0.3) is 0 Å². The summed E-state index contributed by atoms with van der Waals surface area (Å²) in [5.41, 5.74) is 1.18. The van der Waals surface area contributed by atoms with Crippen LogP contribution in [0.1, 0.15) is 25.3 Å². The maximum Gasteiger partial charge on any atom is 0.0957 e. The number of hydrogen-bond donors (Lipinski definition) is 1. The largest absolute Gasteiger partial charge is 0.359 e. The highest BCUT2D eigenvalue weighted by atomic mass is 35.5. The molecule has 0 amide bonds. The van der Waals surface area contributed by atoms with Gasteiger partial charge >= 0.3 is 0 Å². The number of amidine groups is 1. The number of nitrogens with one attached hydrogen (secondary N) is 1. The lowest BCUT2D eigenvalue weighted by Crippen LogP contribution is -2.24. The summed E-state index contributed by atoms with van der Waals surface area (Å²) >= 11 is 5.80. The van der Waals surface area contributed by atoms with E-state index in [-0.39, 0.29) is 0 Å². The second-order valence-corrected chi connectivity index (χ2v) is 4.12. The van der Waals surface area contributed by atoms with Crippen LogP contribution < -0.4 is 0 Å². The molecule has 1 aromatic rings. The van der Waals surface area contributed by atoms with Gasteiger partial charge in [-0.3, -0.25) is 5.41 Å². The molecule has 0 spiro atoms. The molecule has 15 heavy (non-hydrogen) atoms. The second-order valence-electron chi connectivity index (χ2n) is 3.68. The standard InChI is InChI=1S/C12H17ClN2/c1-3-4-12(14)15(2)9-10-5-7-11(13)8-6-10/h5-8,14H,3-4,9H2,1-2H3. The van der Waals surface area contributed by atoms with E-state index in [0.717, 1.165) is 24.4 Å². The molecule has 0 fully saturated rings. The van der Waals surface area contributed by atoms with Gasteiger partial charge in [0.1, 0.15) is 0 Å². The lowest BCUT2D eigenvalue weighted by atomic mass is 10.2. The molecule has 0 aromatic heterocycles. The van der Waals surface area contributed by atoms with Gasteiger partial charge in [-0.2, -0.15) is 0 Å². The summed E-state index contributed by atoms with van der Waals surface area (Å²) in [7, 11) is 1.95. The number of nitrogens with zero attached hydrogens (tertiary/aromatic N) is 1. The molecule has 0 heterocycles. The summed E-state index contributed by atoms with van der Waals surface area (Å²) in [6, 6.07) is 7.76. The van der Waals surface area contributed by atoms with Crippen molar-refractivity contribution in [1.82, 2.24) is 4.90 Å². The highest BCUT2D eigenvalue weighted by Gasteiger charge is 2.03. The van der Waals surface area contributed by atoms with E-state index in [9.17, 15) is 0 Å². The minimum Gasteiger partial charge on any atom is -0.359 e. The molecular formula is C12H17ClN2. The van der Waals surface area contributed by atoms with Crippen molar-refractivity contribution in [1.29, 1.82) is 5.41 Å². The van der Waals surface area contributed by atoms with Gasteiger partial charge in [0, 0.05) is 25.0 Å². The van der Waals surface area contributed by atoms with Crippen molar-refractivity contribution in [2.45, 2.75) is 26.3 Å². The predicted octanol–water partition coefficient (Wildman–Crippen LogP) is 3.55. The van der Waals surface area contributed by atoms with Crippen LogP contribution in [0.4, 0.5) is 0 Å². The van der Waals surface area contributed by atoms with Crippen molar-refractivity contribution in [3.05, 3.63) is 34.9 Å². The Kier molecular flexibility index (Phi) is 4.63. The Morgan fingerprint density at radius 2 is 1.93 bits per heavy atom. The molecule has 3 heteroatoms. The summed E-state index contributed by atoms with van der Waals surface area (Å²) in [5.74, 6) is 0.687. The van der Waals surface area contributed by atoms with Crippen LogP contribution in [0, 0.1) is 5.41 Å². The van der Waals surface area contributed by atoms with E-state index in [1.54, 1.807) is 0 Å². The fourth-order valence-electron chi connectivity index (χ4n) is 1.39. The van der Waals surface area contributed by atoms with Gasteiger partial charge in [-0.15, -0.1) is 0 Å². The maximum atomic E-state index is 7.79. The SMILES string of the molecule is CCCC(=N)N(C)Cc1ccc(Cl)cc1. The molecule has 0 saturated heterocycles. The summed E-state index contributed by atoms with van der Waals surface area (Å²) in [5, 5.41) is 8.54. The van der Waals surface area contributed by atoms with Gasteiger partial charge in [0.15, 0.2) is 0 Å². The van der Waals surface area contributed by atoms with Crippen LogP contribution in [0.2, 0.25) is 5.02 Å². The van der Waals surface area contributed by atoms with E-state index in [2.05, 4.69) is 6.92 Å². The molecule has 1 aromatic carbocycles. The first kappa shape index (κ1) is 12.1. The summed E-state index contributed by atoms with van der Waals surface area (Å²) < 4.78 is 0. The molecule has 0 aliphatic rings. The summed E-state index contributed by atoms with van der Waals surface area (Å²) in [4.78, 5) is 1.97. The van der Waals surface area contributed by atoms with E-state index < -0.39 is 0 Å². The number of benzene rings is 1. The molecule has 82 valence electrons.